The first kappa shape index (κ1) is 35.9. The van der Waals surface area contributed by atoms with Crippen molar-refractivity contribution in [3.63, 3.8) is 0 Å². The number of carbonyl (C=O) groups is 2. The Hall–Kier alpha value is -4.94. The van der Waals surface area contributed by atoms with Crippen molar-refractivity contribution >= 4 is 29.7 Å². The predicted octanol–water partition coefficient (Wildman–Crippen LogP) is 7.05. The van der Waals surface area contributed by atoms with E-state index in [1.165, 1.54) is 19.3 Å². The molecule has 1 saturated heterocycles. The number of methoxy groups -OCH3 is 1. The van der Waals surface area contributed by atoms with Crippen LogP contribution in [0.4, 0.5) is 18.9 Å². The summed E-state index contributed by atoms with van der Waals surface area (Å²) in [5, 5.41) is 12.4. The fourth-order valence-corrected chi connectivity index (χ4v) is 7.16. The monoisotopic (exact) mass is 701 g/mol. The molecule has 1 amide bonds. The first-order valence-corrected chi connectivity index (χ1v) is 16.9. The van der Waals surface area contributed by atoms with Gasteiger partial charge in [-0.15, -0.1) is 0 Å². The van der Waals surface area contributed by atoms with Crippen LogP contribution in [0, 0.1) is 19.8 Å². The number of carbonyl (C=O) groups excluding carboxylic acids is 1. The maximum Gasteiger partial charge on any atom is 0.417 e. The summed E-state index contributed by atoms with van der Waals surface area (Å²) in [4.78, 5) is 33.5. The number of likely N-dealkylation sites (tertiary alicyclic amines) is 1. The number of hydrogen-bond donors (Lipinski definition) is 2. The number of anilines is 1. The van der Waals surface area contributed by atoms with Crippen LogP contribution in [0.1, 0.15) is 61.8 Å². The molecule has 1 aromatic heterocycles. The van der Waals surface area contributed by atoms with E-state index in [4.69, 9.17) is 4.74 Å². The maximum atomic E-state index is 14.4. The number of nitrogens with one attached hydrogen (secondary N) is 1. The van der Waals surface area contributed by atoms with Crippen molar-refractivity contribution in [3.05, 3.63) is 99.1 Å². The van der Waals surface area contributed by atoms with Gasteiger partial charge < -0.3 is 24.6 Å². The molecule has 0 bridgehead atoms. The maximum absolute atomic E-state index is 14.4. The molecule has 0 spiro atoms. The standard InChI is InChI=1S/C39H42F3N5O4/c1-23-25(12-13-26-19-35(51-5)28(18-31(26)39(40,41)42)21-47-17-14-27(20-47)38(49)50)8-6-9-29(23)30-10-7-11-32(24(30)2)44-37(48)36-43-33-22-45(3)16-15-34(33)46(36)4/h6-13,18-19,27H,14-17,20-22H2,1-5H3,(H,44,48)(H,49,50). The first-order valence-electron chi connectivity index (χ1n) is 16.9. The average molecular weight is 702 g/mol. The topological polar surface area (TPSA) is 99.9 Å². The highest BCUT2D eigenvalue weighted by atomic mass is 19.4. The number of halogens is 3. The summed E-state index contributed by atoms with van der Waals surface area (Å²) in [6.07, 6.45) is -0.231. The molecule has 51 heavy (non-hydrogen) atoms. The molecular formula is C39H42F3N5O4. The molecule has 0 saturated carbocycles. The van der Waals surface area contributed by atoms with Crippen LogP contribution in [-0.2, 0) is 37.5 Å². The molecule has 9 nitrogen and oxygen atoms in total. The van der Waals surface area contributed by atoms with E-state index in [-0.39, 0.29) is 24.6 Å². The second-order valence-corrected chi connectivity index (χ2v) is 13.5. The lowest BCUT2D eigenvalue weighted by molar-refractivity contribution is -0.141. The molecule has 1 atom stereocenters. The number of likely N-dealkylation sites (N-methyl/N-ethyl adjacent to an activating group) is 1. The summed E-state index contributed by atoms with van der Waals surface area (Å²) >= 11 is 0. The molecule has 2 N–H and O–H groups in total. The van der Waals surface area contributed by atoms with Crippen molar-refractivity contribution in [2.75, 3.05) is 39.1 Å². The van der Waals surface area contributed by atoms with E-state index in [0.29, 0.717) is 42.3 Å². The van der Waals surface area contributed by atoms with E-state index in [0.717, 1.165) is 58.2 Å². The fraction of sp³-hybridized carbons (Fsp3) is 0.359. The zero-order valence-corrected chi connectivity index (χ0v) is 29.4. The number of amides is 1. The molecule has 12 heteroatoms. The zero-order valence-electron chi connectivity index (χ0n) is 29.4. The number of nitrogens with zero attached hydrogens (tertiary/aromatic N) is 4. The van der Waals surface area contributed by atoms with Gasteiger partial charge >= 0.3 is 12.1 Å². The number of carboxylic acids is 1. The second-order valence-electron chi connectivity index (χ2n) is 13.5. The fourth-order valence-electron chi connectivity index (χ4n) is 7.16. The summed E-state index contributed by atoms with van der Waals surface area (Å²) in [5.41, 5.74) is 6.35. The zero-order chi connectivity index (χ0) is 36.6. The summed E-state index contributed by atoms with van der Waals surface area (Å²) in [5.74, 6) is -1.07. The number of hydrogen-bond acceptors (Lipinski definition) is 6. The van der Waals surface area contributed by atoms with Gasteiger partial charge in [0.25, 0.3) is 5.91 Å². The highest BCUT2D eigenvalue weighted by Gasteiger charge is 2.35. The Morgan fingerprint density at radius 1 is 1.02 bits per heavy atom. The Labute approximate surface area is 295 Å². The first-order chi connectivity index (χ1) is 24.2. The molecule has 0 radical (unpaired) electrons. The molecule has 2 aliphatic heterocycles. The van der Waals surface area contributed by atoms with Crippen LogP contribution < -0.4 is 10.1 Å². The van der Waals surface area contributed by atoms with Gasteiger partial charge in [0, 0.05) is 56.6 Å². The molecule has 0 aliphatic carbocycles. The van der Waals surface area contributed by atoms with Gasteiger partial charge in [-0.05, 0) is 85.4 Å². The molecule has 6 rings (SSSR count). The molecule has 268 valence electrons. The van der Waals surface area contributed by atoms with Gasteiger partial charge in [0.05, 0.1) is 24.3 Å². The Morgan fingerprint density at radius 2 is 1.73 bits per heavy atom. The van der Waals surface area contributed by atoms with Gasteiger partial charge in [-0.1, -0.05) is 42.5 Å². The van der Waals surface area contributed by atoms with Gasteiger partial charge in [-0.25, -0.2) is 4.98 Å². The Morgan fingerprint density at radius 3 is 2.41 bits per heavy atom. The number of aromatic nitrogens is 2. The third-order valence-corrected chi connectivity index (χ3v) is 10.1. The highest BCUT2D eigenvalue weighted by molar-refractivity contribution is 6.03. The van der Waals surface area contributed by atoms with Crippen LogP contribution in [0.5, 0.6) is 5.75 Å². The van der Waals surface area contributed by atoms with Crippen molar-refractivity contribution in [2.24, 2.45) is 13.0 Å². The number of carboxylic acid groups (broad SMARTS) is 1. The summed E-state index contributed by atoms with van der Waals surface area (Å²) < 4.78 is 50.6. The number of benzene rings is 3. The number of fused-ring (bicyclic) bond motifs is 1. The number of imidazole rings is 1. The van der Waals surface area contributed by atoms with Gasteiger partial charge in [-0.3, -0.25) is 14.5 Å². The van der Waals surface area contributed by atoms with E-state index in [1.54, 1.807) is 6.08 Å². The van der Waals surface area contributed by atoms with Crippen molar-refractivity contribution in [2.45, 2.75) is 46.0 Å². The van der Waals surface area contributed by atoms with Crippen molar-refractivity contribution in [1.82, 2.24) is 19.4 Å². The van der Waals surface area contributed by atoms with Crippen molar-refractivity contribution in [1.29, 1.82) is 0 Å². The second kappa shape index (κ2) is 14.4. The summed E-state index contributed by atoms with van der Waals surface area (Å²) in [6.45, 7) is 6.36. The molecule has 2 aliphatic rings. The molecule has 3 heterocycles. The molecule has 3 aromatic carbocycles. The van der Waals surface area contributed by atoms with E-state index in [2.05, 4.69) is 15.2 Å². The van der Waals surface area contributed by atoms with Crippen molar-refractivity contribution < 1.29 is 32.6 Å². The van der Waals surface area contributed by atoms with Crippen LogP contribution in [0.3, 0.4) is 0 Å². The van der Waals surface area contributed by atoms with Crippen LogP contribution in [-0.4, -0.2) is 70.1 Å². The molecule has 1 fully saturated rings. The lowest BCUT2D eigenvalue weighted by atomic mass is 9.92. The third kappa shape index (κ3) is 7.43. The van der Waals surface area contributed by atoms with E-state index in [1.807, 2.05) is 73.8 Å². The Balaban J connectivity index is 1.27. The third-order valence-electron chi connectivity index (χ3n) is 10.1. The quantitative estimate of drug-likeness (QED) is 0.181. The lowest BCUT2D eigenvalue weighted by Crippen LogP contribution is -2.27. The van der Waals surface area contributed by atoms with E-state index >= 15 is 0 Å². The minimum atomic E-state index is -4.63. The average Bonchev–Trinajstić information content (AvgIpc) is 3.69. The number of aliphatic carboxylic acids is 1. The number of alkyl halides is 3. The minimum Gasteiger partial charge on any atom is -0.496 e. The van der Waals surface area contributed by atoms with Crippen LogP contribution in [0.25, 0.3) is 23.3 Å². The predicted molar refractivity (Wildman–Crippen MR) is 190 cm³/mol. The number of rotatable bonds is 9. The minimum absolute atomic E-state index is 0.0405. The molecular weight excluding hydrogens is 659 g/mol. The van der Waals surface area contributed by atoms with Crippen LogP contribution >= 0.6 is 0 Å². The van der Waals surface area contributed by atoms with Gasteiger partial charge in [-0.2, -0.15) is 13.2 Å². The van der Waals surface area contributed by atoms with Gasteiger partial charge in [0.15, 0.2) is 5.82 Å². The van der Waals surface area contributed by atoms with Gasteiger partial charge in [0.2, 0.25) is 0 Å². The largest absolute Gasteiger partial charge is 0.496 e. The van der Waals surface area contributed by atoms with Crippen LogP contribution in [0.2, 0.25) is 0 Å². The summed E-state index contributed by atoms with van der Waals surface area (Å²) in [6, 6.07) is 13.8. The summed E-state index contributed by atoms with van der Waals surface area (Å²) in [7, 11) is 5.32. The number of ether oxygens (including phenoxy) is 1. The van der Waals surface area contributed by atoms with E-state index < -0.39 is 23.6 Å². The smallest absolute Gasteiger partial charge is 0.417 e. The van der Waals surface area contributed by atoms with E-state index in [9.17, 15) is 27.9 Å². The van der Waals surface area contributed by atoms with Crippen molar-refractivity contribution in [3.8, 4) is 16.9 Å². The molecule has 1 unspecified atom stereocenters. The normalized spacial score (nSPS) is 16.8. The highest BCUT2D eigenvalue weighted by Crippen LogP contribution is 2.39. The van der Waals surface area contributed by atoms with Gasteiger partial charge in [0.1, 0.15) is 5.75 Å². The lowest BCUT2D eigenvalue weighted by Gasteiger charge is -2.21. The Kier molecular flexibility index (Phi) is 10.1. The SMILES string of the molecule is COc1cc(C=Cc2cccc(-c3cccc(NC(=O)c4nc5c(n4C)CCN(C)C5)c3C)c2C)c(C(F)(F)F)cc1CN1CCC(C(=O)O)C1. The molecule has 4 aromatic rings. The van der Waals surface area contributed by atoms with Crippen LogP contribution in [0.15, 0.2) is 48.5 Å². The Bertz CT molecular complexity index is 2020.